The molecule has 1 heterocycles. The number of nitrogens with one attached hydrogen (secondary N) is 1. The third-order valence-corrected chi connectivity index (χ3v) is 5.56. The number of ether oxygens (including phenoxy) is 1. The van der Waals surface area contributed by atoms with Crippen LogP contribution in [-0.4, -0.2) is 63.9 Å². The lowest BCUT2D eigenvalue weighted by Gasteiger charge is -2.36. The van der Waals surface area contributed by atoms with Crippen LogP contribution >= 0.6 is 0 Å². The minimum atomic E-state index is -3.37. The van der Waals surface area contributed by atoms with Crippen molar-refractivity contribution < 1.29 is 17.9 Å². The molecule has 0 bridgehead atoms. The second-order valence-electron chi connectivity index (χ2n) is 6.01. The molecule has 1 aliphatic rings. The molecule has 0 aromatic heterocycles. The molecule has 1 aromatic rings. The number of nitrogens with zero attached hydrogens (tertiary/aromatic N) is 1. The summed E-state index contributed by atoms with van der Waals surface area (Å²) in [7, 11) is -1.90. The predicted molar refractivity (Wildman–Crippen MR) is 88.3 cm³/mol. The van der Waals surface area contributed by atoms with Crippen LogP contribution in [0, 0.1) is 0 Å². The van der Waals surface area contributed by atoms with Crippen molar-refractivity contribution in [1.82, 2.24) is 10.2 Å². The number of hydrogen-bond donors (Lipinski definition) is 1. The van der Waals surface area contributed by atoms with Crippen LogP contribution in [-0.2, 0) is 14.6 Å². The SMILES string of the molecule is COCCS(=O)(=O)c1ccc(C(=O)N2C[C@H](C)N[C@@H](C)C2)cc1. The standard InChI is InChI=1S/C16H24N2O4S/c1-12-10-18(11-13(2)17-12)16(19)14-4-6-15(7-5-14)23(20,21)9-8-22-3/h4-7,12-13,17H,8-11H2,1-3H3/t12-,13-/m0/s1. The molecule has 7 heteroatoms. The molecular weight excluding hydrogens is 316 g/mol. The minimum absolute atomic E-state index is 0.0639. The van der Waals surface area contributed by atoms with Crippen molar-refractivity contribution in [2.75, 3.05) is 32.6 Å². The molecule has 128 valence electrons. The number of piperazine rings is 1. The summed E-state index contributed by atoms with van der Waals surface area (Å²) in [4.78, 5) is 14.6. The number of hydrogen-bond acceptors (Lipinski definition) is 5. The van der Waals surface area contributed by atoms with Crippen LogP contribution in [0.4, 0.5) is 0 Å². The Balaban J connectivity index is 2.11. The molecule has 6 nitrogen and oxygen atoms in total. The van der Waals surface area contributed by atoms with Gasteiger partial charge in [-0.05, 0) is 38.1 Å². The third-order valence-electron chi connectivity index (χ3n) is 3.86. The van der Waals surface area contributed by atoms with E-state index in [-0.39, 0.29) is 35.2 Å². The second-order valence-corrected chi connectivity index (χ2v) is 8.12. The summed E-state index contributed by atoms with van der Waals surface area (Å²) >= 11 is 0. The first-order valence-electron chi connectivity index (χ1n) is 7.70. The molecule has 23 heavy (non-hydrogen) atoms. The minimum Gasteiger partial charge on any atom is -0.384 e. The van der Waals surface area contributed by atoms with Crippen LogP contribution < -0.4 is 5.32 Å². The molecule has 1 amide bonds. The molecule has 1 aliphatic heterocycles. The van der Waals surface area contributed by atoms with Gasteiger partial charge in [-0.1, -0.05) is 0 Å². The van der Waals surface area contributed by atoms with E-state index in [1.807, 2.05) is 13.8 Å². The molecule has 1 fully saturated rings. The Morgan fingerprint density at radius 3 is 2.30 bits per heavy atom. The first-order chi connectivity index (χ1) is 10.8. The maximum absolute atomic E-state index is 12.6. The van der Waals surface area contributed by atoms with E-state index in [2.05, 4.69) is 5.32 Å². The molecule has 0 saturated carbocycles. The van der Waals surface area contributed by atoms with E-state index in [0.717, 1.165) is 0 Å². The number of amides is 1. The van der Waals surface area contributed by atoms with Crippen molar-refractivity contribution >= 4 is 15.7 Å². The van der Waals surface area contributed by atoms with E-state index < -0.39 is 9.84 Å². The van der Waals surface area contributed by atoms with E-state index in [4.69, 9.17) is 4.74 Å². The maximum Gasteiger partial charge on any atom is 0.253 e. The van der Waals surface area contributed by atoms with Crippen molar-refractivity contribution in [2.24, 2.45) is 0 Å². The Kier molecular flexibility index (Phi) is 5.78. The summed E-state index contributed by atoms with van der Waals surface area (Å²) < 4.78 is 29.0. The zero-order valence-electron chi connectivity index (χ0n) is 13.8. The molecule has 0 spiro atoms. The van der Waals surface area contributed by atoms with Gasteiger partial charge < -0.3 is 15.0 Å². The van der Waals surface area contributed by atoms with Gasteiger partial charge in [-0.15, -0.1) is 0 Å². The zero-order valence-corrected chi connectivity index (χ0v) is 14.6. The number of sulfone groups is 1. The summed E-state index contributed by atoms with van der Waals surface area (Å²) in [5.74, 6) is -0.130. The van der Waals surface area contributed by atoms with Crippen LogP contribution in [0.3, 0.4) is 0 Å². The van der Waals surface area contributed by atoms with Crippen molar-refractivity contribution in [1.29, 1.82) is 0 Å². The smallest absolute Gasteiger partial charge is 0.253 e. The highest BCUT2D eigenvalue weighted by molar-refractivity contribution is 7.91. The zero-order chi connectivity index (χ0) is 17.0. The predicted octanol–water partition coefficient (Wildman–Crippen LogP) is 0.929. The molecule has 2 atom stereocenters. The number of carbonyl (C=O) groups excluding carboxylic acids is 1. The van der Waals surface area contributed by atoms with Gasteiger partial charge in [0, 0.05) is 37.8 Å². The van der Waals surface area contributed by atoms with Gasteiger partial charge in [0.15, 0.2) is 9.84 Å². The monoisotopic (exact) mass is 340 g/mol. The lowest BCUT2D eigenvalue weighted by atomic mass is 10.1. The van der Waals surface area contributed by atoms with Gasteiger partial charge in [0.1, 0.15) is 0 Å². The maximum atomic E-state index is 12.6. The molecule has 0 unspecified atom stereocenters. The fourth-order valence-electron chi connectivity index (χ4n) is 2.79. The van der Waals surface area contributed by atoms with E-state index in [1.54, 1.807) is 17.0 Å². The molecule has 0 radical (unpaired) electrons. The highest BCUT2D eigenvalue weighted by Gasteiger charge is 2.25. The summed E-state index contributed by atoms with van der Waals surface area (Å²) in [6.07, 6.45) is 0. The fraction of sp³-hybridized carbons (Fsp3) is 0.562. The fourth-order valence-corrected chi connectivity index (χ4v) is 3.96. The molecule has 2 rings (SSSR count). The molecule has 1 aromatic carbocycles. The van der Waals surface area contributed by atoms with Crippen molar-refractivity contribution in [3.63, 3.8) is 0 Å². The third kappa shape index (κ3) is 4.53. The Labute approximate surface area is 137 Å². The van der Waals surface area contributed by atoms with Gasteiger partial charge >= 0.3 is 0 Å². The molecule has 1 N–H and O–H groups in total. The number of rotatable bonds is 5. The van der Waals surface area contributed by atoms with Crippen molar-refractivity contribution in [3.05, 3.63) is 29.8 Å². The summed E-state index contributed by atoms with van der Waals surface area (Å²) in [5, 5.41) is 3.38. The van der Waals surface area contributed by atoms with E-state index in [0.29, 0.717) is 18.7 Å². The average molecular weight is 340 g/mol. The topological polar surface area (TPSA) is 75.7 Å². The quantitative estimate of drug-likeness (QED) is 0.863. The Morgan fingerprint density at radius 2 is 1.78 bits per heavy atom. The Bertz CT molecular complexity index is 633. The molecular formula is C16H24N2O4S. The van der Waals surface area contributed by atoms with Gasteiger partial charge in [0.2, 0.25) is 0 Å². The summed E-state index contributed by atoms with van der Waals surface area (Å²) in [5.41, 5.74) is 0.511. The Morgan fingerprint density at radius 1 is 1.22 bits per heavy atom. The highest BCUT2D eigenvalue weighted by atomic mass is 32.2. The van der Waals surface area contributed by atoms with Gasteiger partial charge in [-0.25, -0.2) is 8.42 Å². The highest BCUT2D eigenvalue weighted by Crippen LogP contribution is 2.15. The van der Waals surface area contributed by atoms with Crippen molar-refractivity contribution in [2.45, 2.75) is 30.8 Å². The van der Waals surface area contributed by atoms with Gasteiger partial charge in [0.05, 0.1) is 17.3 Å². The van der Waals surface area contributed by atoms with E-state index in [1.165, 1.54) is 19.2 Å². The van der Waals surface area contributed by atoms with E-state index in [9.17, 15) is 13.2 Å². The average Bonchev–Trinajstić information content (AvgIpc) is 2.51. The van der Waals surface area contributed by atoms with E-state index >= 15 is 0 Å². The molecule has 1 saturated heterocycles. The van der Waals surface area contributed by atoms with Gasteiger partial charge in [0.25, 0.3) is 5.91 Å². The number of methoxy groups -OCH3 is 1. The van der Waals surface area contributed by atoms with Gasteiger partial charge in [-0.3, -0.25) is 4.79 Å². The van der Waals surface area contributed by atoms with Crippen LogP contribution in [0.2, 0.25) is 0 Å². The largest absolute Gasteiger partial charge is 0.384 e. The van der Waals surface area contributed by atoms with Crippen LogP contribution in [0.25, 0.3) is 0 Å². The Hall–Kier alpha value is -1.44. The summed E-state index contributed by atoms with van der Waals surface area (Å²) in [6.45, 7) is 5.54. The normalized spacial score (nSPS) is 22.1. The molecule has 0 aliphatic carbocycles. The first-order valence-corrected chi connectivity index (χ1v) is 9.36. The van der Waals surface area contributed by atoms with Crippen molar-refractivity contribution in [3.8, 4) is 0 Å². The van der Waals surface area contributed by atoms with Crippen LogP contribution in [0.1, 0.15) is 24.2 Å². The van der Waals surface area contributed by atoms with Crippen LogP contribution in [0.15, 0.2) is 29.2 Å². The lowest BCUT2D eigenvalue weighted by molar-refractivity contribution is 0.0673. The first kappa shape index (κ1) is 17.9. The number of benzene rings is 1. The number of carbonyl (C=O) groups is 1. The summed E-state index contributed by atoms with van der Waals surface area (Å²) in [6, 6.07) is 6.65. The van der Waals surface area contributed by atoms with Crippen LogP contribution in [0.5, 0.6) is 0 Å². The second kappa shape index (κ2) is 7.42. The lowest BCUT2D eigenvalue weighted by Crippen LogP contribution is -2.55. The van der Waals surface area contributed by atoms with Gasteiger partial charge in [-0.2, -0.15) is 0 Å².